The highest BCUT2D eigenvalue weighted by Crippen LogP contribution is 2.30. The molecule has 1 fully saturated rings. The molecule has 2 nitrogen and oxygen atoms in total. The maximum absolute atomic E-state index is 5.90. The Balaban J connectivity index is 2.21. The molecule has 0 amide bonds. The lowest BCUT2D eigenvalue weighted by Crippen LogP contribution is -2.31. The van der Waals surface area contributed by atoms with E-state index in [4.69, 9.17) is 4.74 Å². The molecule has 96 valence electrons. The third-order valence-electron chi connectivity index (χ3n) is 3.84. The first kappa shape index (κ1) is 14.0. The minimum absolute atomic E-state index is 0.504. The van der Waals surface area contributed by atoms with Crippen molar-refractivity contribution in [2.75, 3.05) is 13.2 Å². The SMILES string of the molecule is CCOC(CCNC(C)CC)C1CCCC1. The highest BCUT2D eigenvalue weighted by atomic mass is 16.5. The highest BCUT2D eigenvalue weighted by molar-refractivity contribution is 4.77. The van der Waals surface area contributed by atoms with Gasteiger partial charge in [0.05, 0.1) is 6.10 Å². The fraction of sp³-hybridized carbons (Fsp3) is 1.00. The number of rotatable bonds is 8. The first-order valence-corrected chi connectivity index (χ1v) is 7.12. The smallest absolute Gasteiger partial charge is 0.0615 e. The van der Waals surface area contributed by atoms with Crippen molar-refractivity contribution in [1.82, 2.24) is 5.32 Å². The van der Waals surface area contributed by atoms with Crippen molar-refractivity contribution in [3.63, 3.8) is 0 Å². The summed E-state index contributed by atoms with van der Waals surface area (Å²) in [7, 11) is 0. The van der Waals surface area contributed by atoms with Gasteiger partial charge in [-0.1, -0.05) is 19.8 Å². The molecule has 1 aliphatic rings. The molecule has 1 saturated carbocycles. The zero-order chi connectivity index (χ0) is 11.8. The topological polar surface area (TPSA) is 21.3 Å². The quantitative estimate of drug-likeness (QED) is 0.686. The number of hydrogen-bond acceptors (Lipinski definition) is 2. The van der Waals surface area contributed by atoms with Crippen molar-refractivity contribution in [2.24, 2.45) is 5.92 Å². The summed E-state index contributed by atoms with van der Waals surface area (Å²) < 4.78 is 5.90. The van der Waals surface area contributed by atoms with E-state index < -0.39 is 0 Å². The molecule has 1 aliphatic carbocycles. The van der Waals surface area contributed by atoms with Crippen molar-refractivity contribution in [3.05, 3.63) is 0 Å². The first-order chi connectivity index (χ1) is 7.77. The summed E-state index contributed by atoms with van der Waals surface area (Å²) in [5.74, 6) is 0.832. The van der Waals surface area contributed by atoms with Gasteiger partial charge < -0.3 is 10.1 Å². The molecule has 0 radical (unpaired) electrons. The first-order valence-electron chi connectivity index (χ1n) is 7.12. The van der Waals surface area contributed by atoms with Crippen LogP contribution in [0.15, 0.2) is 0 Å². The van der Waals surface area contributed by atoms with Gasteiger partial charge in [-0.25, -0.2) is 0 Å². The van der Waals surface area contributed by atoms with Crippen molar-refractivity contribution < 1.29 is 4.74 Å². The van der Waals surface area contributed by atoms with Gasteiger partial charge in [-0.15, -0.1) is 0 Å². The van der Waals surface area contributed by atoms with Gasteiger partial charge in [-0.3, -0.25) is 0 Å². The summed E-state index contributed by atoms with van der Waals surface area (Å²) >= 11 is 0. The van der Waals surface area contributed by atoms with Gasteiger partial charge in [0.15, 0.2) is 0 Å². The van der Waals surface area contributed by atoms with Crippen LogP contribution in [0.3, 0.4) is 0 Å². The van der Waals surface area contributed by atoms with Gasteiger partial charge in [0, 0.05) is 12.6 Å². The van der Waals surface area contributed by atoms with Gasteiger partial charge in [-0.05, 0) is 52.0 Å². The van der Waals surface area contributed by atoms with Crippen LogP contribution in [0.2, 0.25) is 0 Å². The summed E-state index contributed by atoms with van der Waals surface area (Å²) in [5, 5.41) is 3.56. The van der Waals surface area contributed by atoms with Crippen LogP contribution in [0, 0.1) is 5.92 Å². The molecule has 2 heteroatoms. The number of hydrogen-bond donors (Lipinski definition) is 1. The minimum Gasteiger partial charge on any atom is -0.378 e. The van der Waals surface area contributed by atoms with Gasteiger partial charge in [-0.2, -0.15) is 0 Å². The van der Waals surface area contributed by atoms with Crippen LogP contribution in [-0.2, 0) is 4.74 Å². The molecule has 0 saturated heterocycles. The molecule has 2 atom stereocenters. The van der Waals surface area contributed by atoms with E-state index >= 15 is 0 Å². The van der Waals surface area contributed by atoms with Crippen LogP contribution < -0.4 is 5.32 Å². The number of nitrogens with one attached hydrogen (secondary N) is 1. The third-order valence-corrected chi connectivity index (χ3v) is 3.84. The van der Waals surface area contributed by atoms with E-state index in [9.17, 15) is 0 Å². The average Bonchev–Trinajstić information content (AvgIpc) is 2.81. The Kier molecular flexibility index (Phi) is 7.06. The third kappa shape index (κ3) is 4.84. The van der Waals surface area contributed by atoms with Crippen molar-refractivity contribution in [2.45, 2.75) is 71.4 Å². The van der Waals surface area contributed by atoms with E-state index in [0.29, 0.717) is 12.1 Å². The molecule has 1 rings (SSSR count). The summed E-state index contributed by atoms with van der Waals surface area (Å²) in [6.45, 7) is 8.57. The zero-order valence-electron chi connectivity index (χ0n) is 11.3. The van der Waals surface area contributed by atoms with Crippen LogP contribution in [0.4, 0.5) is 0 Å². The van der Waals surface area contributed by atoms with E-state index in [1.54, 1.807) is 0 Å². The van der Waals surface area contributed by atoms with Crippen LogP contribution in [-0.4, -0.2) is 25.3 Å². The van der Waals surface area contributed by atoms with E-state index in [0.717, 1.165) is 19.1 Å². The summed E-state index contributed by atoms with van der Waals surface area (Å²) in [4.78, 5) is 0. The summed E-state index contributed by atoms with van der Waals surface area (Å²) in [6, 6.07) is 0.644. The van der Waals surface area contributed by atoms with Gasteiger partial charge in [0.1, 0.15) is 0 Å². The fourth-order valence-electron chi connectivity index (χ4n) is 2.61. The molecule has 0 aliphatic heterocycles. The van der Waals surface area contributed by atoms with Crippen molar-refractivity contribution in [1.29, 1.82) is 0 Å². The summed E-state index contributed by atoms with van der Waals surface area (Å²) in [5.41, 5.74) is 0. The Hall–Kier alpha value is -0.0800. The van der Waals surface area contributed by atoms with E-state index in [-0.39, 0.29) is 0 Å². The molecule has 0 aromatic rings. The maximum atomic E-state index is 5.90. The average molecular weight is 227 g/mol. The molecule has 0 aromatic carbocycles. The lowest BCUT2D eigenvalue weighted by molar-refractivity contribution is 0.0159. The van der Waals surface area contributed by atoms with E-state index in [1.807, 2.05) is 0 Å². The molecule has 0 heterocycles. The lowest BCUT2D eigenvalue weighted by atomic mass is 9.98. The van der Waals surface area contributed by atoms with Crippen LogP contribution in [0.5, 0.6) is 0 Å². The molecule has 0 bridgehead atoms. The predicted octanol–water partition coefficient (Wildman–Crippen LogP) is 3.36. The van der Waals surface area contributed by atoms with Crippen LogP contribution in [0.25, 0.3) is 0 Å². The van der Waals surface area contributed by atoms with Crippen LogP contribution >= 0.6 is 0 Å². The molecule has 1 N–H and O–H groups in total. The second-order valence-corrected chi connectivity index (χ2v) is 5.09. The van der Waals surface area contributed by atoms with Crippen molar-refractivity contribution in [3.8, 4) is 0 Å². The van der Waals surface area contributed by atoms with Crippen LogP contribution in [0.1, 0.15) is 59.3 Å². The van der Waals surface area contributed by atoms with E-state index in [2.05, 4.69) is 26.1 Å². The largest absolute Gasteiger partial charge is 0.378 e. The second kappa shape index (κ2) is 8.08. The maximum Gasteiger partial charge on any atom is 0.0615 e. The van der Waals surface area contributed by atoms with Gasteiger partial charge >= 0.3 is 0 Å². The standard InChI is InChI=1S/C14H29NO/c1-4-12(3)15-11-10-14(16-5-2)13-8-6-7-9-13/h12-15H,4-11H2,1-3H3. The Bertz CT molecular complexity index is 166. The molecular weight excluding hydrogens is 198 g/mol. The molecule has 16 heavy (non-hydrogen) atoms. The second-order valence-electron chi connectivity index (χ2n) is 5.09. The molecule has 0 aromatic heterocycles. The predicted molar refractivity (Wildman–Crippen MR) is 69.7 cm³/mol. The molecule has 0 spiro atoms. The Morgan fingerprint density at radius 2 is 1.94 bits per heavy atom. The monoisotopic (exact) mass is 227 g/mol. The van der Waals surface area contributed by atoms with Gasteiger partial charge in [0.25, 0.3) is 0 Å². The fourth-order valence-corrected chi connectivity index (χ4v) is 2.61. The normalized spacial score (nSPS) is 21.2. The number of ether oxygens (including phenoxy) is 1. The van der Waals surface area contributed by atoms with Gasteiger partial charge in [0.2, 0.25) is 0 Å². The Labute approximate surface area is 101 Å². The lowest BCUT2D eigenvalue weighted by Gasteiger charge is -2.24. The molecular formula is C14H29NO. The Morgan fingerprint density at radius 1 is 1.25 bits per heavy atom. The van der Waals surface area contributed by atoms with E-state index in [1.165, 1.54) is 38.5 Å². The zero-order valence-corrected chi connectivity index (χ0v) is 11.3. The summed E-state index contributed by atoms with van der Waals surface area (Å²) in [6.07, 6.45) is 8.48. The molecule has 2 unspecified atom stereocenters. The minimum atomic E-state index is 0.504. The Morgan fingerprint density at radius 3 is 2.50 bits per heavy atom. The highest BCUT2D eigenvalue weighted by Gasteiger charge is 2.24. The van der Waals surface area contributed by atoms with Crippen molar-refractivity contribution >= 4 is 0 Å².